The first kappa shape index (κ1) is 17.9. The second-order valence-corrected chi connectivity index (χ2v) is 6.60. The molecule has 1 aliphatic rings. The van der Waals surface area contributed by atoms with Gasteiger partial charge in [0.2, 0.25) is 0 Å². The third-order valence-electron chi connectivity index (χ3n) is 4.88. The van der Waals surface area contributed by atoms with Gasteiger partial charge >= 0.3 is 0 Å². The Bertz CT molecular complexity index is 996. The van der Waals surface area contributed by atoms with Crippen molar-refractivity contribution in [2.24, 2.45) is 5.10 Å². The molecule has 0 bridgehead atoms. The van der Waals surface area contributed by atoms with Gasteiger partial charge in [0.1, 0.15) is 17.9 Å². The fraction of sp³-hybridized carbons (Fsp3) is 0.130. The number of anilines is 1. The molecule has 0 unspecified atom stereocenters. The maximum Gasteiger partial charge on any atom is 0.150 e. The Labute approximate surface area is 162 Å². The molecule has 0 N–H and O–H groups in total. The van der Waals surface area contributed by atoms with Gasteiger partial charge in [0.05, 0.1) is 24.6 Å². The molecule has 0 saturated heterocycles. The van der Waals surface area contributed by atoms with Gasteiger partial charge in [0.15, 0.2) is 0 Å². The number of carbonyl (C=O) groups excluding carboxylic acids is 1. The lowest BCUT2D eigenvalue weighted by atomic mass is 9.98. The van der Waals surface area contributed by atoms with Crippen LogP contribution in [-0.4, -0.2) is 19.1 Å². The largest absolute Gasteiger partial charge is 0.497 e. The van der Waals surface area contributed by atoms with Crippen LogP contribution in [0, 0.1) is 5.82 Å². The smallest absolute Gasteiger partial charge is 0.150 e. The van der Waals surface area contributed by atoms with Gasteiger partial charge < -0.3 is 4.74 Å². The van der Waals surface area contributed by atoms with Crippen LogP contribution in [0.4, 0.5) is 10.1 Å². The molecule has 0 radical (unpaired) electrons. The van der Waals surface area contributed by atoms with Gasteiger partial charge in [0, 0.05) is 12.0 Å². The van der Waals surface area contributed by atoms with Crippen molar-refractivity contribution in [1.29, 1.82) is 0 Å². The van der Waals surface area contributed by atoms with Crippen LogP contribution >= 0.6 is 0 Å². The first-order chi connectivity index (χ1) is 13.7. The van der Waals surface area contributed by atoms with E-state index in [9.17, 15) is 9.18 Å². The van der Waals surface area contributed by atoms with Gasteiger partial charge in [-0.25, -0.2) is 4.39 Å². The Kier molecular flexibility index (Phi) is 4.89. The van der Waals surface area contributed by atoms with Crippen molar-refractivity contribution in [3.8, 4) is 5.75 Å². The molecule has 140 valence electrons. The minimum atomic E-state index is -0.264. The summed E-state index contributed by atoms with van der Waals surface area (Å²) in [5.74, 6) is 0.527. The van der Waals surface area contributed by atoms with Crippen LogP contribution in [0.2, 0.25) is 0 Å². The summed E-state index contributed by atoms with van der Waals surface area (Å²) in [5.41, 5.74) is 4.42. The lowest BCUT2D eigenvalue weighted by molar-refractivity contribution is 0.112. The second-order valence-electron chi connectivity index (χ2n) is 6.60. The van der Waals surface area contributed by atoms with Crippen molar-refractivity contribution in [2.45, 2.75) is 12.5 Å². The highest BCUT2D eigenvalue weighted by Crippen LogP contribution is 2.37. The maximum absolute atomic E-state index is 13.4. The second kappa shape index (κ2) is 7.64. The zero-order valence-corrected chi connectivity index (χ0v) is 15.4. The van der Waals surface area contributed by atoms with E-state index in [1.807, 2.05) is 41.4 Å². The molecule has 4 nitrogen and oxygen atoms in total. The van der Waals surface area contributed by atoms with E-state index < -0.39 is 0 Å². The van der Waals surface area contributed by atoms with E-state index >= 15 is 0 Å². The molecule has 0 spiro atoms. The summed E-state index contributed by atoms with van der Waals surface area (Å²) in [6, 6.07) is 21.5. The third-order valence-corrected chi connectivity index (χ3v) is 4.88. The van der Waals surface area contributed by atoms with Gasteiger partial charge in [-0.1, -0.05) is 12.1 Å². The molecule has 0 saturated carbocycles. The molecule has 0 fully saturated rings. The fourth-order valence-electron chi connectivity index (χ4n) is 3.36. The molecular formula is C23H19FN2O2. The van der Waals surface area contributed by atoms with Crippen molar-refractivity contribution < 1.29 is 13.9 Å². The van der Waals surface area contributed by atoms with E-state index in [1.165, 1.54) is 12.1 Å². The number of nitrogens with zero attached hydrogens (tertiary/aromatic N) is 2. The molecule has 28 heavy (non-hydrogen) atoms. The normalized spacial score (nSPS) is 16.0. The lowest BCUT2D eigenvalue weighted by Gasteiger charge is -2.24. The molecule has 4 rings (SSSR count). The molecule has 0 aliphatic carbocycles. The van der Waals surface area contributed by atoms with Crippen molar-refractivity contribution in [2.75, 3.05) is 12.1 Å². The molecule has 0 amide bonds. The summed E-state index contributed by atoms with van der Waals surface area (Å²) >= 11 is 0. The lowest BCUT2D eigenvalue weighted by Crippen LogP contribution is -2.18. The molecule has 3 aromatic rings. The highest BCUT2D eigenvalue weighted by atomic mass is 19.1. The average molecular weight is 374 g/mol. The highest BCUT2D eigenvalue weighted by molar-refractivity contribution is 6.03. The van der Waals surface area contributed by atoms with Crippen molar-refractivity contribution >= 4 is 17.7 Å². The monoisotopic (exact) mass is 374 g/mol. The molecule has 1 atom stereocenters. The number of carbonyl (C=O) groups is 1. The minimum Gasteiger partial charge on any atom is -0.497 e. The van der Waals surface area contributed by atoms with Gasteiger partial charge in [-0.05, 0) is 71.8 Å². The van der Waals surface area contributed by atoms with Crippen LogP contribution in [0.5, 0.6) is 5.75 Å². The van der Waals surface area contributed by atoms with E-state index in [2.05, 4.69) is 0 Å². The molecule has 1 aliphatic heterocycles. The number of benzene rings is 3. The topological polar surface area (TPSA) is 41.9 Å². The van der Waals surface area contributed by atoms with E-state index in [0.29, 0.717) is 12.0 Å². The standard InChI is InChI=1S/C23H19FN2O2/c1-28-21-12-6-17(7-13-21)22-14-23(18-4-8-19(24)9-5-18)26(25-22)20-10-2-16(15-27)3-11-20/h2-13,15,23H,14H2,1H3/t23-/m0/s1. The van der Waals surface area contributed by atoms with Crippen LogP contribution in [0.15, 0.2) is 77.9 Å². The molecule has 5 heteroatoms. The first-order valence-electron chi connectivity index (χ1n) is 9.00. The van der Waals surface area contributed by atoms with E-state index in [-0.39, 0.29) is 11.9 Å². The Hall–Kier alpha value is -3.47. The van der Waals surface area contributed by atoms with E-state index in [4.69, 9.17) is 9.84 Å². The Balaban J connectivity index is 1.72. The Morgan fingerprint density at radius 3 is 2.29 bits per heavy atom. The number of hydrazone groups is 1. The minimum absolute atomic E-state index is 0.0558. The number of halogens is 1. The van der Waals surface area contributed by atoms with Crippen LogP contribution in [0.1, 0.15) is 33.9 Å². The fourth-order valence-corrected chi connectivity index (χ4v) is 3.36. The van der Waals surface area contributed by atoms with Gasteiger partial charge in [-0.15, -0.1) is 0 Å². The summed E-state index contributed by atoms with van der Waals surface area (Å²) in [5, 5.41) is 6.78. The molecule has 3 aromatic carbocycles. The highest BCUT2D eigenvalue weighted by Gasteiger charge is 2.30. The number of methoxy groups -OCH3 is 1. The maximum atomic E-state index is 13.4. The number of aldehydes is 1. The first-order valence-corrected chi connectivity index (χ1v) is 9.00. The number of hydrogen-bond acceptors (Lipinski definition) is 4. The van der Waals surface area contributed by atoms with Crippen LogP contribution in [0.3, 0.4) is 0 Å². The number of ether oxygens (including phenoxy) is 1. The number of hydrogen-bond donors (Lipinski definition) is 0. The Morgan fingerprint density at radius 1 is 1.00 bits per heavy atom. The Morgan fingerprint density at radius 2 is 1.68 bits per heavy atom. The van der Waals surface area contributed by atoms with Gasteiger partial charge in [0.25, 0.3) is 0 Å². The summed E-state index contributed by atoms with van der Waals surface area (Å²) in [4.78, 5) is 11.0. The molecule has 1 heterocycles. The van der Waals surface area contributed by atoms with Crippen LogP contribution in [-0.2, 0) is 0 Å². The molecule has 0 aromatic heterocycles. The quantitative estimate of drug-likeness (QED) is 0.590. The van der Waals surface area contributed by atoms with Gasteiger partial charge in [-0.2, -0.15) is 5.10 Å². The summed E-state index contributed by atoms with van der Waals surface area (Å²) in [7, 11) is 1.64. The average Bonchev–Trinajstić information content (AvgIpc) is 3.20. The summed E-state index contributed by atoms with van der Waals surface area (Å²) in [6.07, 6.45) is 1.50. The zero-order chi connectivity index (χ0) is 19.5. The predicted octanol–water partition coefficient (Wildman–Crippen LogP) is 5.00. The SMILES string of the molecule is COc1ccc(C2=NN(c3ccc(C=O)cc3)[C@H](c3ccc(F)cc3)C2)cc1. The van der Waals surface area contributed by atoms with Crippen molar-refractivity contribution in [1.82, 2.24) is 0 Å². The van der Waals surface area contributed by atoms with Crippen LogP contribution < -0.4 is 9.75 Å². The van der Waals surface area contributed by atoms with E-state index in [0.717, 1.165) is 34.6 Å². The number of rotatable bonds is 5. The van der Waals surface area contributed by atoms with E-state index in [1.54, 1.807) is 31.4 Å². The van der Waals surface area contributed by atoms with Gasteiger partial charge in [-0.3, -0.25) is 9.80 Å². The third kappa shape index (κ3) is 3.51. The van der Waals surface area contributed by atoms with Crippen molar-refractivity contribution in [3.63, 3.8) is 0 Å². The van der Waals surface area contributed by atoms with Crippen molar-refractivity contribution in [3.05, 3.63) is 95.3 Å². The zero-order valence-electron chi connectivity index (χ0n) is 15.4. The summed E-state index contributed by atoms with van der Waals surface area (Å²) in [6.45, 7) is 0. The predicted molar refractivity (Wildman–Crippen MR) is 108 cm³/mol. The van der Waals surface area contributed by atoms with Crippen LogP contribution in [0.25, 0.3) is 0 Å². The summed E-state index contributed by atoms with van der Waals surface area (Å²) < 4.78 is 18.6. The molecular weight excluding hydrogens is 355 g/mol.